The van der Waals surface area contributed by atoms with Crippen LogP contribution in [0, 0.1) is 0 Å². The Labute approximate surface area is 120 Å². The molecule has 0 radical (unpaired) electrons. The van der Waals surface area contributed by atoms with E-state index >= 15 is 0 Å². The summed E-state index contributed by atoms with van der Waals surface area (Å²) in [6.45, 7) is 5.35. The summed E-state index contributed by atoms with van der Waals surface area (Å²) in [5.74, 6) is 0.524. The van der Waals surface area contributed by atoms with Gasteiger partial charge in [0.05, 0.1) is 6.61 Å². The number of hydrogen-bond acceptors (Lipinski definition) is 6. The molecule has 1 aliphatic rings. The van der Waals surface area contributed by atoms with Crippen LogP contribution in [-0.4, -0.2) is 34.2 Å². The lowest BCUT2D eigenvalue weighted by Crippen LogP contribution is -2.21. The van der Waals surface area contributed by atoms with Gasteiger partial charge in [0.1, 0.15) is 6.10 Å². The van der Waals surface area contributed by atoms with E-state index in [-0.39, 0.29) is 6.10 Å². The molecule has 2 rings (SSSR count). The number of aromatic nitrogens is 3. The van der Waals surface area contributed by atoms with Crippen molar-refractivity contribution < 1.29 is 9.47 Å². The van der Waals surface area contributed by atoms with Crippen molar-refractivity contribution in [3.8, 4) is 12.0 Å². The minimum Gasteiger partial charge on any atom is -0.464 e. The van der Waals surface area contributed by atoms with Crippen LogP contribution in [0.3, 0.4) is 0 Å². The van der Waals surface area contributed by atoms with Crippen LogP contribution in [-0.2, 0) is 0 Å². The molecule has 0 aliphatic heterocycles. The fourth-order valence-corrected chi connectivity index (χ4v) is 2.23. The predicted molar refractivity (Wildman–Crippen MR) is 77.3 cm³/mol. The van der Waals surface area contributed by atoms with Crippen LogP contribution in [0.2, 0.25) is 0 Å². The third-order valence-electron chi connectivity index (χ3n) is 3.23. The molecule has 0 saturated heterocycles. The van der Waals surface area contributed by atoms with Crippen LogP contribution in [0.4, 0.5) is 5.95 Å². The summed E-state index contributed by atoms with van der Waals surface area (Å²) in [5, 5.41) is 3.15. The van der Waals surface area contributed by atoms with Crippen molar-refractivity contribution in [3.63, 3.8) is 0 Å². The minimum absolute atomic E-state index is 0.222. The van der Waals surface area contributed by atoms with Crippen molar-refractivity contribution in [3.05, 3.63) is 0 Å². The zero-order chi connectivity index (χ0) is 14.2. The molecule has 1 heterocycles. The SMILES string of the molecule is CCCNc1nc(OCC)nc(OC2CCCCC2)n1. The highest BCUT2D eigenvalue weighted by atomic mass is 16.5. The molecule has 0 amide bonds. The Morgan fingerprint density at radius 2 is 1.80 bits per heavy atom. The number of hydrogen-bond donors (Lipinski definition) is 1. The number of nitrogens with one attached hydrogen (secondary N) is 1. The van der Waals surface area contributed by atoms with Crippen molar-refractivity contribution in [1.82, 2.24) is 15.0 Å². The lowest BCUT2D eigenvalue weighted by molar-refractivity contribution is 0.139. The van der Waals surface area contributed by atoms with E-state index in [9.17, 15) is 0 Å². The van der Waals surface area contributed by atoms with Gasteiger partial charge in [0.2, 0.25) is 5.95 Å². The van der Waals surface area contributed by atoms with E-state index in [1.807, 2.05) is 6.92 Å². The molecule has 1 saturated carbocycles. The zero-order valence-electron chi connectivity index (χ0n) is 12.4. The molecular weight excluding hydrogens is 256 g/mol. The lowest BCUT2D eigenvalue weighted by Gasteiger charge is -2.21. The second-order valence-electron chi connectivity index (χ2n) is 4.96. The highest BCUT2D eigenvalue weighted by molar-refractivity contribution is 5.27. The molecule has 112 valence electrons. The van der Waals surface area contributed by atoms with Gasteiger partial charge in [0.25, 0.3) is 0 Å². The summed E-state index contributed by atoms with van der Waals surface area (Å²) >= 11 is 0. The summed E-state index contributed by atoms with van der Waals surface area (Å²) in [5.41, 5.74) is 0. The van der Waals surface area contributed by atoms with Crippen LogP contribution < -0.4 is 14.8 Å². The van der Waals surface area contributed by atoms with E-state index in [1.165, 1.54) is 19.3 Å². The highest BCUT2D eigenvalue weighted by Crippen LogP contribution is 2.22. The average Bonchev–Trinajstić information content (AvgIpc) is 2.46. The number of ether oxygens (including phenoxy) is 2. The minimum atomic E-state index is 0.222. The van der Waals surface area contributed by atoms with Gasteiger partial charge in [-0.15, -0.1) is 4.98 Å². The van der Waals surface area contributed by atoms with E-state index in [0.717, 1.165) is 25.8 Å². The van der Waals surface area contributed by atoms with E-state index in [2.05, 4.69) is 27.2 Å². The van der Waals surface area contributed by atoms with Gasteiger partial charge in [-0.2, -0.15) is 9.97 Å². The molecule has 1 aromatic heterocycles. The highest BCUT2D eigenvalue weighted by Gasteiger charge is 2.17. The van der Waals surface area contributed by atoms with E-state index in [1.54, 1.807) is 0 Å². The second kappa shape index (κ2) is 7.87. The summed E-state index contributed by atoms with van der Waals surface area (Å²) in [4.78, 5) is 12.7. The smallest absolute Gasteiger partial charge is 0.324 e. The van der Waals surface area contributed by atoms with Gasteiger partial charge < -0.3 is 14.8 Å². The Hall–Kier alpha value is -1.59. The molecule has 6 heteroatoms. The maximum Gasteiger partial charge on any atom is 0.324 e. The standard InChI is InChI=1S/C14H24N4O2/c1-3-10-15-12-16-13(19-4-2)18-14(17-12)20-11-8-6-5-7-9-11/h11H,3-10H2,1-2H3,(H,15,16,17,18). The molecule has 6 nitrogen and oxygen atoms in total. The number of nitrogens with zero attached hydrogens (tertiary/aromatic N) is 3. The molecule has 1 fully saturated rings. The van der Waals surface area contributed by atoms with Gasteiger partial charge in [-0.1, -0.05) is 13.3 Å². The quantitative estimate of drug-likeness (QED) is 0.828. The Balaban J connectivity index is 2.06. The normalized spacial score (nSPS) is 15.9. The summed E-state index contributed by atoms with van der Waals surface area (Å²) < 4.78 is 11.3. The van der Waals surface area contributed by atoms with Crippen molar-refractivity contribution in [1.29, 1.82) is 0 Å². The Morgan fingerprint density at radius 3 is 2.50 bits per heavy atom. The zero-order valence-corrected chi connectivity index (χ0v) is 12.4. The summed E-state index contributed by atoms with van der Waals surface area (Å²) in [6, 6.07) is 0.695. The maximum absolute atomic E-state index is 5.88. The molecule has 1 N–H and O–H groups in total. The van der Waals surface area contributed by atoms with Crippen molar-refractivity contribution >= 4 is 5.95 Å². The number of anilines is 1. The van der Waals surface area contributed by atoms with Crippen LogP contribution in [0.15, 0.2) is 0 Å². The van der Waals surface area contributed by atoms with Gasteiger partial charge in [0.15, 0.2) is 0 Å². The second-order valence-corrected chi connectivity index (χ2v) is 4.96. The molecule has 1 aromatic rings. The van der Waals surface area contributed by atoms with E-state index in [4.69, 9.17) is 9.47 Å². The van der Waals surface area contributed by atoms with E-state index in [0.29, 0.717) is 24.6 Å². The molecule has 1 aliphatic carbocycles. The predicted octanol–water partition coefficient (Wildman–Crippen LogP) is 2.80. The first-order valence-corrected chi connectivity index (χ1v) is 7.61. The molecule has 0 atom stereocenters. The average molecular weight is 280 g/mol. The molecule has 0 unspecified atom stereocenters. The Bertz CT molecular complexity index is 408. The largest absolute Gasteiger partial charge is 0.464 e. The first-order valence-electron chi connectivity index (χ1n) is 7.61. The van der Waals surface area contributed by atoms with Gasteiger partial charge in [-0.05, 0) is 39.0 Å². The summed E-state index contributed by atoms with van der Waals surface area (Å²) in [7, 11) is 0. The monoisotopic (exact) mass is 280 g/mol. The fraction of sp³-hybridized carbons (Fsp3) is 0.786. The molecule has 0 spiro atoms. The fourth-order valence-electron chi connectivity index (χ4n) is 2.23. The van der Waals surface area contributed by atoms with Crippen LogP contribution in [0.1, 0.15) is 52.4 Å². The van der Waals surface area contributed by atoms with Gasteiger partial charge in [0, 0.05) is 6.54 Å². The third kappa shape index (κ3) is 4.51. The first kappa shape index (κ1) is 14.8. The van der Waals surface area contributed by atoms with Crippen LogP contribution >= 0.6 is 0 Å². The van der Waals surface area contributed by atoms with Gasteiger partial charge >= 0.3 is 12.0 Å². The lowest BCUT2D eigenvalue weighted by atomic mass is 9.98. The van der Waals surface area contributed by atoms with Crippen LogP contribution in [0.25, 0.3) is 0 Å². The van der Waals surface area contributed by atoms with E-state index < -0.39 is 0 Å². The molecule has 20 heavy (non-hydrogen) atoms. The first-order chi connectivity index (χ1) is 9.81. The van der Waals surface area contributed by atoms with Gasteiger partial charge in [-0.25, -0.2) is 0 Å². The third-order valence-corrected chi connectivity index (χ3v) is 3.23. The van der Waals surface area contributed by atoms with Crippen molar-refractivity contribution in [2.45, 2.75) is 58.5 Å². The van der Waals surface area contributed by atoms with Crippen molar-refractivity contribution in [2.24, 2.45) is 0 Å². The van der Waals surface area contributed by atoms with Crippen molar-refractivity contribution in [2.75, 3.05) is 18.5 Å². The topological polar surface area (TPSA) is 69.2 Å². The Morgan fingerprint density at radius 1 is 1.05 bits per heavy atom. The Kier molecular flexibility index (Phi) is 5.83. The van der Waals surface area contributed by atoms with Gasteiger partial charge in [-0.3, -0.25) is 0 Å². The van der Waals surface area contributed by atoms with Crippen LogP contribution in [0.5, 0.6) is 12.0 Å². The molecule has 0 aromatic carbocycles. The summed E-state index contributed by atoms with van der Waals surface area (Å²) in [6.07, 6.45) is 7.11. The molecular formula is C14H24N4O2. The maximum atomic E-state index is 5.88. The molecule has 0 bridgehead atoms. The number of rotatable bonds is 7.